The number of furan rings is 1. The molecule has 1 fully saturated rings. The number of halogens is 1. The van der Waals surface area contributed by atoms with E-state index in [0.717, 1.165) is 36.9 Å². The lowest BCUT2D eigenvalue weighted by atomic mass is 10.2. The number of carbonyl (C=O) groups is 1. The lowest BCUT2D eigenvalue weighted by Crippen LogP contribution is -2.38. The van der Waals surface area contributed by atoms with Gasteiger partial charge in [0.2, 0.25) is 0 Å². The van der Waals surface area contributed by atoms with Gasteiger partial charge in [0.1, 0.15) is 17.6 Å². The van der Waals surface area contributed by atoms with Crippen LogP contribution in [0.15, 0.2) is 21.5 Å². The molecule has 0 amide bonds. The van der Waals surface area contributed by atoms with Crippen LogP contribution in [0.1, 0.15) is 69.9 Å². The first-order chi connectivity index (χ1) is 12.1. The fourth-order valence-electron chi connectivity index (χ4n) is 2.95. The first-order valence-electron chi connectivity index (χ1n) is 9.39. The third kappa shape index (κ3) is 7.97. The molecule has 1 unspecified atom stereocenters. The van der Waals surface area contributed by atoms with Crippen LogP contribution in [0, 0.1) is 6.92 Å². The number of nitrogens with one attached hydrogen (secondary N) is 2. The van der Waals surface area contributed by atoms with Crippen molar-refractivity contribution in [1.29, 1.82) is 0 Å². The van der Waals surface area contributed by atoms with E-state index in [9.17, 15) is 4.79 Å². The fraction of sp³-hybridized carbons (Fsp3) is 0.684. The molecule has 0 spiro atoms. The largest absolute Gasteiger partial charge is 0.464 e. The molecule has 1 aromatic heterocycles. The monoisotopic (exact) mass is 477 g/mol. The number of esters is 1. The Morgan fingerprint density at radius 3 is 2.73 bits per heavy atom. The Bertz CT molecular complexity index is 568. The van der Waals surface area contributed by atoms with E-state index >= 15 is 0 Å². The molecule has 26 heavy (non-hydrogen) atoms. The molecule has 1 heterocycles. The first kappa shape index (κ1) is 22.8. The van der Waals surface area contributed by atoms with E-state index in [0.29, 0.717) is 19.4 Å². The van der Waals surface area contributed by atoms with Crippen LogP contribution in [-0.4, -0.2) is 31.1 Å². The van der Waals surface area contributed by atoms with Gasteiger partial charge in [0.05, 0.1) is 6.04 Å². The normalized spacial score (nSPS) is 16.0. The number of carbonyl (C=O) groups excluding carboxylic acids is 1. The molecular formula is C19H32IN3O3. The Hall–Kier alpha value is -1.25. The van der Waals surface area contributed by atoms with Gasteiger partial charge < -0.3 is 19.8 Å². The molecule has 1 atom stereocenters. The van der Waals surface area contributed by atoms with Crippen molar-refractivity contribution in [3.63, 3.8) is 0 Å². The Morgan fingerprint density at radius 1 is 1.38 bits per heavy atom. The van der Waals surface area contributed by atoms with Crippen molar-refractivity contribution in [3.8, 4) is 0 Å². The van der Waals surface area contributed by atoms with Crippen LogP contribution in [0.2, 0.25) is 0 Å². The summed E-state index contributed by atoms with van der Waals surface area (Å²) in [5, 5.41) is 6.54. The smallest absolute Gasteiger partial charge is 0.306 e. The Kier molecular flexibility index (Phi) is 10.7. The number of hydrogen-bond donors (Lipinski definition) is 2. The van der Waals surface area contributed by atoms with Gasteiger partial charge in [0.25, 0.3) is 0 Å². The first-order valence-corrected chi connectivity index (χ1v) is 9.39. The summed E-state index contributed by atoms with van der Waals surface area (Å²) in [6, 6.07) is 3.95. The van der Waals surface area contributed by atoms with E-state index in [2.05, 4.69) is 15.6 Å². The third-order valence-electron chi connectivity index (χ3n) is 4.29. The molecule has 6 nitrogen and oxygen atoms in total. The van der Waals surface area contributed by atoms with Gasteiger partial charge in [-0.15, -0.1) is 24.0 Å². The van der Waals surface area contributed by atoms with Crippen LogP contribution in [0.4, 0.5) is 0 Å². The molecule has 1 saturated carbocycles. The molecule has 1 aromatic rings. The summed E-state index contributed by atoms with van der Waals surface area (Å²) in [5.74, 6) is 2.40. The van der Waals surface area contributed by atoms with E-state index in [4.69, 9.17) is 9.15 Å². The van der Waals surface area contributed by atoms with Gasteiger partial charge in [-0.25, -0.2) is 0 Å². The van der Waals surface area contributed by atoms with E-state index in [-0.39, 0.29) is 42.1 Å². The summed E-state index contributed by atoms with van der Waals surface area (Å²) in [5.41, 5.74) is 0. The number of hydrogen-bond acceptors (Lipinski definition) is 4. The molecule has 1 aliphatic rings. The average Bonchev–Trinajstić information content (AvgIpc) is 3.23. The second-order valence-corrected chi connectivity index (χ2v) is 6.57. The van der Waals surface area contributed by atoms with Crippen molar-refractivity contribution in [2.75, 3.05) is 13.1 Å². The highest BCUT2D eigenvalue weighted by Gasteiger charge is 2.18. The summed E-state index contributed by atoms with van der Waals surface area (Å²) in [4.78, 5) is 16.4. The standard InChI is InChI=1S/C19H31N3O3.HI/c1-4-20-19(22-15(3)17-12-11-14(2)24-17)21-13-7-10-18(23)25-16-8-5-6-9-16;/h11-12,15-16H,4-10,13H2,1-3H3,(H2,20,21,22);1H. The minimum Gasteiger partial charge on any atom is -0.464 e. The molecule has 2 rings (SSSR count). The second kappa shape index (κ2) is 12.2. The maximum absolute atomic E-state index is 11.8. The average molecular weight is 477 g/mol. The highest BCUT2D eigenvalue weighted by molar-refractivity contribution is 14.0. The van der Waals surface area contributed by atoms with Crippen LogP contribution >= 0.6 is 24.0 Å². The van der Waals surface area contributed by atoms with Gasteiger partial charge in [-0.2, -0.15) is 0 Å². The summed E-state index contributed by atoms with van der Waals surface area (Å²) in [7, 11) is 0. The molecule has 0 bridgehead atoms. The van der Waals surface area contributed by atoms with E-state index < -0.39 is 0 Å². The fourth-order valence-corrected chi connectivity index (χ4v) is 2.95. The topological polar surface area (TPSA) is 75.9 Å². The molecule has 1 aliphatic carbocycles. The number of guanidine groups is 1. The number of aryl methyl sites for hydroxylation is 1. The van der Waals surface area contributed by atoms with Crippen molar-refractivity contribution in [2.45, 2.75) is 71.4 Å². The van der Waals surface area contributed by atoms with Crippen LogP contribution in [0.5, 0.6) is 0 Å². The summed E-state index contributed by atoms with van der Waals surface area (Å²) >= 11 is 0. The molecule has 0 aliphatic heterocycles. The highest BCUT2D eigenvalue weighted by atomic mass is 127. The molecular weight excluding hydrogens is 445 g/mol. The van der Waals surface area contributed by atoms with Gasteiger partial charge in [-0.3, -0.25) is 9.79 Å². The van der Waals surface area contributed by atoms with Gasteiger partial charge in [0.15, 0.2) is 5.96 Å². The summed E-state index contributed by atoms with van der Waals surface area (Å²) in [6.45, 7) is 7.35. The zero-order chi connectivity index (χ0) is 18.1. The molecule has 0 radical (unpaired) electrons. The highest BCUT2D eigenvalue weighted by Crippen LogP contribution is 2.21. The van der Waals surface area contributed by atoms with Gasteiger partial charge in [-0.05, 0) is 65.0 Å². The van der Waals surface area contributed by atoms with E-state index in [1.807, 2.05) is 32.9 Å². The maximum atomic E-state index is 11.8. The molecule has 0 saturated heterocycles. The number of rotatable bonds is 8. The number of nitrogens with zero attached hydrogens (tertiary/aromatic N) is 1. The number of ether oxygens (including phenoxy) is 1. The van der Waals surface area contributed by atoms with Gasteiger partial charge in [-0.1, -0.05) is 0 Å². The van der Waals surface area contributed by atoms with Gasteiger partial charge in [0, 0.05) is 19.5 Å². The second-order valence-electron chi connectivity index (χ2n) is 6.57. The lowest BCUT2D eigenvalue weighted by molar-refractivity contribution is -0.148. The minimum atomic E-state index is -0.0977. The number of aliphatic imine (C=N–C) groups is 1. The SMILES string of the molecule is CCNC(=NCCCC(=O)OC1CCCC1)NC(C)c1ccc(C)o1.I. The van der Waals surface area contributed by atoms with Crippen molar-refractivity contribution in [1.82, 2.24) is 10.6 Å². The van der Waals surface area contributed by atoms with Crippen LogP contribution < -0.4 is 10.6 Å². The minimum absolute atomic E-state index is 0. The molecule has 0 aromatic carbocycles. The predicted octanol–water partition coefficient (Wildman–Crippen LogP) is 4.09. The Labute approximate surface area is 173 Å². The van der Waals surface area contributed by atoms with E-state index in [1.165, 1.54) is 12.8 Å². The Morgan fingerprint density at radius 2 is 2.12 bits per heavy atom. The maximum Gasteiger partial charge on any atom is 0.306 e. The van der Waals surface area contributed by atoms with E-state index in [1.54, 1.807) is 0 Å². The van der Waals surface area contributed by atoms with Crippen molar-refractivity contribution < 1.29 is 13.9 Å². The van der Waals surface area contributed by atoms with Crippen molar-refractivity contribution >= 4 is 35.9 Å². The molecule has 2 N–H and O–H groups in total. The third-order valence-corrected chi connectivity index (χ3v) is 4.29. The molecule has 7 heteroatoms. The zero-order valence-electron chi connectivity index (χ0n) is 16.0. The van der Waals surface area contributed by atoms with Crippen molar-refractivity contribution in [2.24, 2.45) is 4.99 Å². The quantitative estimate of drug-likeness (QED) is 0.194. The van der Waals surface area contributed by atoms with Crippen molar-refractivity contribution in [3.05, 3.63) is 23.7 Å². The zero-order valence-corrected chi connectivity index (χ0v) is 18.4. The van der Waals surface area contributed by atoms with Crippen LogP contribution in [-0.2, 0) is 9.53 Å². The predicted molar refractivity (Wildman–Crippen MR) is 114 cm³/mol. The van der Waals surface area contributed by atoms with Crippen LogP contribution in [0.25, 0.3) is 0 Å². The van der Waals surface area contributed by atoms with Gasteiger partial charge >= 0.3 is 5.97 Å². The Balaban J connectivity index is 0.00000338. The summed E-state index contributed by atoms with van der Waals surface area (Å²) in [6.07, 6.45) is 5.64. The van der Waals surface area contributed by atoms with Crippen LogP contribution in [0.3, 0.4) is 0 Å². The molecule has 148 valence electrons. The summed E-state index contributed by atoms with van der Waals surface area (Å²) < 4.78 is 11.1. The lowest BCUT2D eigenvalue weighted by Gasteiger charge is -2.16.